The average Bonchev–Trinajstić information content (AvgIpc) is 2.26. The summed E-state index contributed by atoms with van der Waals surface area (Å²) in [5.74, 6) is -0.698. The Hall–Kier alpha value is -1.56. The molecular formula is C10H10F3NO2. The number of hydrogen-bond donors (Lipinski definition) is 1. The van der Waals surface area contributed by atoms with E-state index in [1.807, 2.05) is 0 Å². The van der Waals surface area contributed by atoms with E-state index in [4.69, 9.17) is 5.73 Å². The second kappa shape index (κ2) is 4.52. The lowest BCUT2D eigenvalue weighted by molar-refractivity contribution is -0.149. The highest BCUT2D eigenvalue weighted by Gasteiger charge is 2.37. The van der Waals surface area contributed by atoms with Crippen molar-refractivity contribution in [2.75, 3.05) is 7.11 Å². The van der Waals surface area contributed by atoms with E-state index in [2.05, 4.69) is 4.74 Å². The van der Waals surface area contributed by atoms with Gasteiger partial charge in [0, 0.05) is 0 Å². The van der Waals surface area contributed by atoms with E-state index >= 15 is 0 Å². The molecule has 0 amide bonds. The van der Waals surface area contributed by atoms with Gasteiger partial charge in [0.15, 0.2) is 0 Å². The number of alkyl halides is 3. The largest absolute Gasteiger partial charge is 0.465 e. The second-order valence-corrected chi connectivity index (χ2v) is 3.14. The highest BCUT2D eigenvalue weighted by atomic mass is 19.4. The average molecular weight is 233 g/mol. The van der Waals surface area contributed by atoms with Crippen molar-refractivity contribution < 1.29 is 22.7 Å². The molecule has 88 valence electrons. The highest BCUT2D eigenvalue weighted by Crippen LogP contribution is 2.30. The summed E-state index contributed by atoms with van der Waals surface area (Å²) in [6.45, 7) is 0. The molecule has 16 heavy (non-hydrogen) atoms. The van der Waals surface area contributed by atoms with Crippen molar-refractivity contribution in [2.45, 2.75) is 12.2 Å². The van der Waals surface area contributed by atoms with Gasteiger partial charge in [-0.25, -0.2) is 4.79 Å². The lowest BCUT2D eigenvalue weighted by atomic mass is 10.0. The Labute approximate surface area is 90.0 Å². The van der Waals surface area contributed by atoms with Crippen LogP contribution in [-0.4, -0.2) is 19.3 Å². The maximum Gasteiger partial charge on any atom is 0.407 e. The fraction of sp³-hybridized carbons (Fsp3) is 0.300. The standard InChI is InChI=1S/C10H10F3NO2/c1-16-9(15)7-4-2-3-6(5-7)8(14)10(11,12)13/h2-5,8H,14H2,1H3. The van der Waals surface area contributed by atoms with Crippen LogP contribution in [0.2, 0.25) is 0 Å². The number of esters is 1. The van der Waals surface area contributed by atoms with Crippen molar-refractivity contribution in [1.82, 2.24) is 0 Å². The molecule has 0 aromatic heterocycles. The van der Waals surface area contributed by atoms with Gasteiger partial charge in [-0.3, -0.25) is 0 Å². The Balaban J connectivity index is 3.03. The highest BCUT2D eigenvalue weighted by molar-refractivity contribution is 5.89. The summed E-state index contributed by atoms with van der Waals surface area (Å²) in [6, 6.07) is 2.87. The summed E-state index contributed by atoms with van der Waals surface area (Å²) in [7, 11) is 1.15. The minimum Gasteiger partial charge on any atom is -0.465 e. The van der Waals surface area contributed by atoms with Crippen LogP contribution in [0.1, 0.15) is 22.0 Å². The monoisotopic (exact) mass is 233 g/mol. The van der Waals surface area contributed by atoms with E-state index in [1.165, 1.54) is 18.2 Å². The number of methoxy groups -OCH3 is 1. The van der Waals surface area contributed by atoms with E-state index < -0.39 is 18.2 Å². The van der Waals surface area contributed by atoms with Crippen LogP contribution in [0.5, 0.6) is 0 Å². The zero-order chi connectivity index (χ0) is 12.3. The number of carbonyl (C=O) groups excluding carboxylic acids is 1. The molecule has 1 aromatic rings. The van der Waals surface area contributed by atoms with Gasteiger partial charge in [-0.05, 0) is 17.7 Å². The van der Waals surface area contributed by atoms with E-state index in [0.717, 1.165) is 13.2 Å². The van der Waals surface area contributed by atoms with Gasteiger partial charge < -0.3 is 10.5 Å². The molecule has 0 spiro atoms. The van der Waals surface area contributed by atoms with Crippen LogP contribution in [0.4, 0.5) is 13.2 Å². The van der Waals surface area contributed by atoms with Crippen LogP contribution < -0.4 is 5.73 Å². The summed E-state index contributed by atoms with van der Waals surface area (Å²) in [5.41, 5.74) is 4.88. The van der Waals surface area contributed by atoms with Crippen LogP contribution in [0, 0.1) is 0 Å². The quantitative estimate of drug-likeness (QED) is 0.795. The van der Waals surface area contributed by atoms with E-state index in [1.54, 1.807) is 0 Å². The smallest absolute Gasteiger partial charge is 0.407 e. The van der Waals surface area contributed by atoms with E-state index in [-0.39, 0.29) is 11.1 Å². The van der Waals surface area contributed by atoms with Crippen LogP contribution in [0.15, 0.2) is 24.3 Å². The molecule has 6 heteroatoms. The number of rotatable bonds is 2. The number of benzene rings is 1. The number of nitrogens with two attached hydrogens (primary N) is 1. The van der Waals surface area contributed by atoms with Gasteiger partial charge >= 0.3 is 12.1 Å². The molecule has 0 aliphatic rings. The van der Waals surface area contributed by atoms with Crippen molar-refractivity contribution in [2.24, 2.45) is 5.73 Å². The Kier molecular flexibility index (Phi) is 3.54. The predicted octanol–water partition coefficient (Wildman–Crippen LogP) is 2.04. The third-order valence-corrected chi connectivity index (χ3v) is 2.02. The fourth-order valence-corrected chi connectivity index (χ4v) is 1.17. The first kappa shape index (κ1) is 12.5. The molecular weight excluding hydrogens is 223 g/mol. The third-order valence-electron chi connectivity index (χ3n) is 2.02. The summed E-state index contributed by atoms with van der Waals surface area (Å²) in [6.07, 6.45) is -4.53. The number of ether oxygens (including phenoxy) is 1. The van der Waals surface area contributed by atoms with E-state index in [0.29, 0.717) is 0 Å². The van der Waals surface area contributed by atoms with E-state index in [9.17, 15) is 18.0 Å². The topological polar surface area (TPSA) is 52.3 Å². The van der Waals surface area contributed by atoms with Gasteiger partial charge in [0.05, 0.1) is 12.7 Å². The molecule has 2 N–H and O–H groups in total. The normalized spacial score (nSPS) is 13.3. The molecule has 0 saturated carbocycles. The van der Waals surface area contributed by atoms with Crippen LogP contribution in [-0.2, 0) is 4.74 Å². The van der Waals surface area contributed by atoms with Gasteiger partial charge in [0.1, 0.15) is 6.04 Å². The number of carbonyl (C=O) groups is 1. The minimum absolute atomic E-state index is 0.0414. The maximum atomic E-state index is 12.3. The lowest BCUT2D eigenvalue weighted by Gasteiger charge is -2.16. The van der Waals surface area contributed by atoms with Gasteiger partial charge in [-0.15, -0.1) is 0 Å². The molecule has 0 fully saturated rings. The zero-order valence-electron chi connectivity index (χ0n) is 8.41. The Morgan fingerprint density at radius 3 is 2.56 bits per heavy atom. The fourth-order valence-electron chi connectivity index (χ4n) is 1.17. The molecule has 3 nitrogen and oxygen atoms in total. The molecule has 1 atom stereocenters. The van der Waals surface area contributed by atoms with Crippen LogP contribution in [0.3, 0.4) is 0 Å². The maximum absolute atomic E-state index is 12.3. The van der Waals surface area contributed by atoms with Gasteiger partial charge in [0.25, 0.3) is 0 Å². The summed E-state index contributed by atoms with van der Waals surface area (Å²) >= 11 is 0. The molecule has 1 unspecified atom stereocenters. The van der Waals surface area contributed by atoms with Gasteiger partial charge in [-0.2, -0.15) is 13.2 Å². The first-order chi connectivity index (χ1) is 7.36. The minimum atomic E-state index is -4.53. The summed E-state index contributed by atoms with van der Waals surface area (Å²) < 4.78 is 41.3. The van der Waals surface area contributed by atoms with Gasteiger partial charge in [0.2, 0.25) is 0 Å². The van der Waals surface area contributed by atoms with Crippen molar-refractivity contribution in [3.63, 3.8) is 0 Å². The molecule has 0 radical (unpaired) electrons. The molecule has 1 rings (SSSR count). The first-order valence-electron chi connectivity index (χ1n) is 4.37. The molecule has 0 aliphatic heterocycles. The Morgan fingerprint density at radius 1 is 1.44 bits per heavy atom. The number of halogens is 3. The molecule has 0 aliphatic carbocycles. The number of hydrogen-bond acceptors (Lipinski definition) is 3. The molecule has 1 aromatic carbocycles. The van der Waals surface area contributed by atoms with Crippen molar-refractivity contribution in [1.29, 1.82) is 0 Å². The SMILES string of the molecule is COC(=O)c1cccc(C(N)C(F)(F)F)c1. The van der Waals surface area contributed by atoms with Crippen molar-refractivity contribution >= 4 is 5.97 Å². The molecule has 0 saturated heterocycles. The van der Waals surface area contributed by atoms with Crippen molar-refractivity contribution in [3.8, 4) is 0 Å². The summed E-state index contributed by atoms with van der Waals surface area (Å²) in [4.78, 5) is 11.1. The first-order valence-corrected chi connectivity index (χ1v) is 4.37. The zero-order valence-corrected chi connectivity index (χ0v) is 8.41. The van der Waals surface area contributed by atoms with Crippen molar-refractivity contribution in [3.05, 3.63) is 35.4 Å². The molecule has 0 heterocycles. The van der Waals surface area contributed by atoms with Crippen LogP contribution >= 0.6 is 0 Å². The Bertz CT molecular complexity index is 390. The predicted molar refractivity (Wildman–Crippen MR) is 50.8 cm³/mol. The Morgan fingerprint density at radius 2 is 2.06 bits per heavy atom. The molecule has 0 bridgehead atoms. The van der Waals surface area contributed by atoms with Gasteiger partial charge in [-0.1, -0.05) is 12.1 Å². The van der Waals surface area contributed by atoms with Crippen LogP contribution in [0.25, 0.3) is 0 Å². The lowest BCUT2D eigenvalue weighted by Crippen LogP contribution is -2.28. The summed E-state index contributed by atoms with van der Waals surface area (Å²) in [5, 5.41) is 0. The second-order valence-electron chi connectivity index (χ2n) is 3.14. The third kappa shape index (κ3) is 2.73.